The summed E-state index contributed by atoms with van der Waals surface area (Å²) in [6.45, 7) is 0. The van der Waals surface area contributed by atoms with Crippen LogP contribution in [0.1, 0.15) is 34.9 Å². The first-order valence-electron chi connectivity index (χ1n) is 7.15. The second-order valence-electron chi connectivity index (χ2n) is 5.32. The number of amides is 1. The number of rotatable bonds is 5. The molecule has 1 amide bonds. The first-order valence-corrected chi connectivity index (χ1v) is 9.02. The number of halogens is 1. The zero-order chi connectivity index (χ0) is 17.3. The number of nitrogens with one attached hydrogen (secondary N) is 1. The SMILES string of the molecule is COc1cc(C(=O)NS(=O)(=O)c2ccccc2Cl)nnc1C1CC1. The van der Waals surface area contributed by atoms with Crippen molar-refractivity contribution in [3.63, 3.8) is 0 Å². The Kier molecular flexibility index (Phi) is 4.42. The average Bonchev–Trinajstić information content (AvgIpc) is 3.38. The summed E-state index contributed by atoms with van der Waals surface area (Å²) in [6, 6.07) is 7.22. The molecular weight excluding hydrogens is 354 g/mol. The molecule has 0 saturated heterocycles. The zero-order valence-electron chi connectivity index (χ0n) is 12.7. The van der Waals surface area contributed by atoms with Crippen LogP contribution in [-0.4, -0.2) is 31.6 Å². The van der Waals surface area contributed by atoms with E-state index in [-0.39, 0.29) is 21.5 Å². The number of sulfonamides is 1. The molecule has 1 saturated carbocycles. The third-order valence-electron chi connectivity index (χ3n) is 3.56. The van der Waals surface area contributed by atoms with Gasteiger partial charge in [0.25, 0.3) is 15.9 Å². The molecule has 1 heterocycles. The zero-order valence-corrected chi connectivity index (χ0v) is 14.3. The minimum Gasteiger partial charge on any atom is -0.495 e. The van der Waals surface area contributed by atoms with E-state index in [0.717, 1.165) is 12.8 Å². The number of hydrogen-bond acceptors (Lipinski definition) is 6. The second kappa shape index (κ2) is 6.37. The fourth-order valence-corrected chi connectivity index (χ4v) is 3.67. The highest BCUT2D eigenvalue weighted by molar-refractivity contribution is 7.90. The van der Waals surface area contributed by atoms with Crippen LogP contribution in [-0.2, 0) is 10.0 Å². The Hall–Kier alpha value is -2.19. The van der Waals surface area contributed by atoms with Gasteiger partial charge in [0.2, 0.25) is 0 Å². The number of nitrogens with zero attached hydrogens (tertiary/aromatic N) is 2. The summed E-state index contributed by atoms with van der Waals surface area (Å²) in [7, 11) is -2.65. The van der Waals surface area contributed by atoms with E-state index in [1.165, 1.54) is 31.4 Å². The number of hydrogen-bond donors (Lipinski definition) is 1. The largest absolute Gasteiger partial charge is 0.495 e. The predicted octanol–water partition coefficient (Wildman–Crippen LogP) is 2.13. The standard InChI is InChI=1S/C15H14ClN3O4S/c1-23-12-8-11(17-18-14(12)9-6-7-9)15(20)19-24(21,22)13-5-3-2-4-10(13)16/h2-5,8-9H,6-7H2,1H3,(H,19,20). The number of aromatic nitrogens is 2. The molecule has 1 N–H and O–H groups in total. The van der Waals surface area contributed by atoms with E-state index in [4.69, 9.17) is 16.3 Å². The summed E-state index contributed by atoms with van der Waals surface area (Å²) in [4.78, 5) is 12.0. The molecule has 0 bridgehead atoms. The molecule has 1 aromatic carbocycles. The van der Waals surface area contributed by atoms with Gasteiger partial charge in [0.15, 0.2) is 5.69 Å². The van der Waals surface area contributed by atoms with Crippen molar-refractivity contribution in [2.75, 3.05) is 7.11 Å². The van der Waals surface area contributed by atoms with Gasteiger partial charge in [-0.2, -0.15) is 5.10 Å². The van der Waals surface area contributed by atoms with Crippen LogP contribution < -0.4 is 9.46 Å². The van der Waals surface area contributed by atoms with Gasteiger partial charge in [0.1, 0.15) is 16.3 Å². The van der Waals surface area contributed by atoms with Gasteiger partial charge in [-0.25, -0.2) is 13.1 Å². The topological polar surface area (TPSA) is 98.2 Å². The van der Waals surface area contributed by atoms with Crippen LogP contribution in [0.5, 0.6) is 5.75 Å². The van der Waals surface area contributed by atoms with Crippen LogP contribution in [0.2, 0.25) is 5.02 Å². The van der Waals surface area contributed by atoms with E-state index in [9.17, 15) is 13.2 Å². The van der Waals surface area contributed by atoms with Crippen molar-refractivity contribution >= 4 is 27.5 Å². The highest BCUT2D eigenvalue weighted by Crippen LogP contribution is 2.42. The molecule has 126 valence electrons. The smallest absolute Gasteiger partial charge is 0.285 e. The van der Waals surface area contributed by atoms with Crippen molar-refractivity contribution in [3.05, 3.63) is 46.7 Å². The fourth-order valence-electron chi connectivity index (χ4n) is 2.19. The molecule has 1 aliphatic carbocycles. The lowest BCUT2D eigenvalue weighted by Gasteiger charge is -2.10. The number of ether oxygens (including phenoxy) is 1. The van der Waals surface area contributed by atoms with Gasteiger partial charge in [-0.05, 0) is 25.0 Å². The Balaban J connectivity index is 1.86. The summed E-state index contributed by atoms with van der Waals surface area (Å²) in [5, 5.41) is 7.82. The van der Waals surface area contributed by atoms with Gasteiger partial charge in [0, 0.05) is 12.0 Å². The quantitative estimate of drug-likeness (QED) is 0.869. The average molecular weight is 368 g/mol. The van der Waals surface area contributed by atoms with E-state index in [2.05, 4.69) is 10.2 Å². The molecule has 1 aromatic heterocycles. The van der Waals surface area contributed by atoms with Crippen LogP contribution in [0.25, 0.3) is 0 Å². The van der Waals surface area contributed by atoms with Gasteiger partial charge in [-0.15, -0.1) is 5.10 Å². The molecule has 2 aromatic rings. The van der Waals surface area contributed by atoms with Crippen LogP contribution in [0, 0.1) is 0 Å². The van der Waals surface area contributed by atoms with Crippen LogP contribution >= 0.6 is 11.6 Å². The lowest BCUT2D eigenvalue weighted by atomic mass is 10.2. The van der Waals surface area contributed by atoms with E-state index >= 15 is 0 Å². The Labute approximate surface area is 144 Å². The van der Waals surface area contributed by atoms with E-state index in [1.807, 2.05) is 4.72 Å². The highest BCUT2D eigenvalue weighted by Gasteiger charge is 2.30. The third-order valence-corrected chi connectivity index (χ3v) is 5.39. The highest BCUT2D eigenvalue weighted by atomic mass is 35.5. The minimum absolute atomic E-state index is 0.0190. The van der Waals surface area contributed by atoms with Gasteiger partial charge >= 0.3 is 0 Å². The molecule has 1 fully saturated rings. The van der Waals surface area contributed by atoms with Crippen molar-refractivity contribution in [2.24, 2.45) is 0 Å². The van der Waals surface area contributed by atoms with Crippen molar-refractivity contribution < 1.29 is 17.9 Å². The number of carbonyl (C=O) groups excluding carboxylic acids is 1. The molecule has 0 unspecified atom stereocenters. The minimum atomic E-state index is -4.11. The van der Waals surface area contributed by atoms with Crippen LogP contribution in [0.15, 0.2) is 35.2 Å². The second-order valence-corrected chi connectivity index (χ2v) is 7.38. The van der Waals surface area contributed by atoms with Gasteiger partial charge in [0.05, 0.1) is 12.1 Å². The molecule has 9 heteroatoms. The maximum atomic E-state index is 12.3. The summed E-state index contributed by atoms with van der Waals surface area (Å²) in [6.07, 6.45) is 1.99. The van der Waals surface area contributed by atoms with Crippen molar-refractivity contribution in [1.29, 1.82) is 0 Å². The molecule has 0 radical (unpaired) electrons. The van der Waals surface area contributed by atoms with E-state index in [0.29, 0.717) is 11.4 Å². The van der Waals surface area contributed by atoms with E-state index in [1.54, 1.807) is 6.07 Å². The Morgan fingerprint density at radius 1 is 1.29 bits per heavy atom. The van der Waals surface area contributed by atoms with E-state index < -0.39 is 15.9 Å². The Bertz CT molecular complexity index is 897. The van der Waals surface area contributed by atoms with Crippen molar-refractivity contribution in [1.82, 2.24) is 14.9 Å². The molecule has 7 nitrogen and oxygen atoms in total. The van der Waals surface area contributed by atoms with Crippen LogP contribution in [0.4, 0.5) is 0 Å². The maximum Gasteiger partial charge on any atom is 0.285 e. The fraction of sp³-hybridized carbons (Fsp3) is 0.267. The van der Waals surface area contributed by atoms with Gasteiger partial charge in [-0.1, -0.05) is 23.7 Å². The summed E-state index contributed by atoms with van der Waals surface area (Å²) in [5.74, 6) is -0.188. The van der Waals surface area contributed by atoms with Gasteiger partial charge in [-0.3, -0.25) is 4.79 Å². The normalized spacial score (nSPS) is 14.2. The lowest BCUT2D eigenvalue weighted by Crippen LogP contribution is -2.31. The first kappa shape index (κ1) is 16.7. The Morgan fingerprint density at radius 3 is 2.62 bits per heavy atom. The molecule has 0 aliphatic heterocycles. The lowest BCUT2D eigenvalue weighted by molar-refractivity contribution is 0.0975. The molecule has 0 atom stereocenters. The molecule has 0 spiro atoms. The predicted molar refractivity (Wildman–Crippen MR) is 86.7 cm³/mol. The number of methoxy groups -OCH3 is 1. The molecular formula is C15H14ClN3O4S. The molecule has 3 rings (SSSR count). The van der Waals surface area contributed by atoms with Crippen LogP contribution in [0.3, 0.4) is 0 Å². The monoisotopic (exact) mass is 367 g/mol. The third kappa shape index (κ3) is 3.34. The maximum absolute atomic E-state index is 12.3. The summed E-state index contributed by atoms with van der Waals surface area (Å²) >= 11 is 5.87. The number of benzene rings is 1. The van der Waals surface area contributed by atoms with Crippen molar-refractivity contribution in [3.8, 4) is 5.75 Å². The first-order chi connectivity index (χ1) is 11.4. The molecule has 1 aliphatic rings. The van der Waals surface area contributed by atoms with Crippen molar-refractivity contribution in [2.45, 2.75) is 23.7 Å². The van der Waals surface area contributed by atoms with Gasteiger partial charge < -0.3 is 4.74 Å². The number of carbonyl (C=O) groups is 1. The Morgan fingerprint density at radius 2 is 2.00 bits per heavy atom. The molecule has 24 heavy (non-hydrogen) atoms. The summed E-state index contributed by atoms with van der Waals surface area (Å²) < 4.78 is 31.7. The summed E-state index contributed by atoms with van der Waals surface area (Å²) in [5.41, 5.74) is 0.537.